The van der Waals surface area contributed by atoms with Gasteiger partial charge in [0.2, 0.25) is 0 Å². The average Bonchev–Trinajstić information content (AvgIpc) is 2.65. The van der Waals surface area contributed by atoms with Crippen molar-refractivity contribution in [1.29, 1.82) is 0 Å². The van der Waals surface area contributed by atoms with Crippen LogP contribution < -0.4 is 0 Å². The van der Waals surface area contributed by atoms with Crippen LogP contribution in [0.25, 0.3) is 0 Å². The summed E-state index contributed by atoms with van der Waals surface area (Å²) in [6.07, 6.45) is 2.88. The number of esters is 1. The van der Waals surface area contributed by atoms with Crippen molar-refractivity contribution in [3.8, 4) is 0 Å². The third-order valence-corrected chi connectivity index (χ3v) is 2.32. The van der Waals surface area contributed by atoms with Crippen LogP contribution in [-0.2, 0) is 14.3 Å². The summed E-state index contributed by atoms with van der Waals surface area (Å²) in [7, 11) is 0. The predicted molar refractivity (Wildman–Crippen MR) is 47.3 cm³/mol. The highest BCUT2D eigenvalue weighted by molar-refractivity contribution is 5.76. The minimum Gasteiger partial charge on any atom is -0.457 e. The Morgan fingerprint density at radius 3 is 2.69 bits per heavy atom. The van der Waals surface area contributed by atoms with Gasteiger partial charge in [-0.3, -0.25) is 14.5 Å². The van der Waals surface area contributed by atoms with Crippen LogP contribution in [-0.4, -0.2) is 42.9 Å². The van der Waals surface area contributed by atoms with Crippen molar-refractivity contribution in [2.75, 3.05) is 19.7 Å². The highest BCUT2D eigenvalue weighted by Crippen LogP contribution is 2.12. The Morgan fingerprint density at radius 1 is 1.54 bits per heavy atom. The second-order valence-corrected chi connectivity index (χ2v) is 3.22. The zero-order valence-electron chi connectivity index (χ0n) is 7.86. The molecule has 0 saturated carbocycles. The maximum absolute atomic E-state index is 11.3. The van der Waals surface area contributed by atoms with Crippen LogP contribution in [0, 0.1) is 0 Å². The van der Waals surface area contributed by atoms with Gasteiger partial charge < -0.3 is 4.74 Å². The molecule has 0 amide bonds. The summed E-state index contributed by atoms with van der Waals surface area (Å²) in [6, 6.07) is -0.206. The third-order valence-electron chi connectivity index (χ3n) is 2.32. The molecule has 1 heterocycles. The Morgan fingerprint density at radius 2 is 2.15 bits per heavy atom. The fraction of sp³-hybridized carbons (Fsp3) is 0.778. The second-order valence-electron chi connectivity index (χ2n) is 3.22. The van der Waals surface area contributed by atoms with Gasteiger partial charge in [-0.2, -0.15) is 0 Å². The maximum atomic E-state index is 11.3. The highest BCUT2D eigenvalue weighted by atomic mass is 16.5. The molecule has 1 aliphatic rings. The molecule has 4 nitrogen and oxygen atoms in total. The first-order chi connectivity index (χ1) is 6.25. The van der Waals surface area contributed by atoms with Crippen LogP contribution in [0.1, 0.15) is 19.8 Å². The van der Waals surface area contributed by atoms with Gasteiger partial charge in [-0.25, -0.2) is 0 Å². The van der Waals surface area contributed by atoms with E-state index in [4.69, 9.17) is 4.74 Å². The lowest BCUT2D eigenvalue weighted by atomic mass is 10.3. The van der Waals surface area contributed by atoms with Crippen molar-refractivity contribution in [3.63, 3.8) is 0 Å². The van der Waals surface area contributed by atoms with Crippen molar-refractivity contribution < 1.29 is 14.3 Å². The topological polar surface area (TPSA) is 46.6 Å². The SMILES string of the molecule is CC(C(=O)OCC=O)N1CCCC1. The summed E-state index contributed by atoms with van der Waals surface area (Å²) in [5.74, 6) is -0.297. The summed E-state index contributed by atoms with van der Waals surface area (Å²) >= 11 is 0. The van der Waals surface area contributed by atoms with Crippen LogP contribution in [0.5, 0.6) is 0 Å². The minimum absolute atomic E-state index is 0.128. The van der Waals surface area contributed by atoms with Gasteiger partial charge in [0, 0.05) is 0 Å². The van der Waals surface area contributed by atoms with Gasteiger partial charge in [0.25, 0.3) is 0 Å². The molecule has 1 unspecified atom stereocenters. The molecule has 0 aromatic rings. The lowest BCUT2D eigenvalue weighted by molar-refractivity contribution is -0.150. The molecule has 0 radical (unpaired) electrons. The van der Waals surface area contributed by atoms with Gasteiger partial charge in [-0.15, -0.1) is 0 Å². The number of likely N-dealkylation sites (tertiary alicyclic amines) is 1. The Hall–Kier alpha value is -0.900. The molecule has 13 heavy (non-hydrogen) atoms. The van der Waals surface area contributed by atoms with E-state index in [2.05, 4.69) is 4.90 Å². The smallest absolute Gasteiger partial charge is 0.323 e. The van der Waals surface area contributed by atoms with Gasteiger partial charge in [0.15, 0.2) is 6.29 Å². The maximum Gasteiger partial charge on any atom is 0.323 e. The number of carbonyl (C=O) groups is 2. The first kappa shape index (κ1) is 10.2. The molecule has 1 rings (SSSR count). The Balaban J connectivity index is 2.31. The van der Waals surface area contributed by atoms with Crippen LogP contribution >= 0.6 is 0 Å². The normalized spacial score (nSPS) is 19.8. The van der Waals surface area contributed by atoms with E-state index in [9.17, 15) is 9.59 Å². The minimum atomic E-state index is -0.297. The van der Waals surface area contributed by atoms with Crippen LogP contribution in [0.15, 0.2) is 0 Å². The summed E-state index contributed by atoms with van der Waals surface area (Å²) in [5.41, 5.74) is 0. The van der Waals surface area contributed by atoms with E-state index in [-0.39, 0.29) is 18.6 Å². The van der Waals surface area contributed by atoms with Crippen LogP contribution in [0.3, 0.4) is 0 Å². The standard InChI is InChI=1S/C9H15NO3/c1-8(9(12)13-7-6-11)10-4-2-3-5-10/h6,8H,2-5,7H2,1H3. The zero-order valence-corrected chi connectivity index (χ0v) is 7.86. The summed E-state index contributed by atoms with van der Waals surface area (Å²) in [4.78, 5) is 23.3. The molecular formula is C9H15NO3. The number of ether oxygens (including phenoxy) is 1. The van der Waals surface area contributed by atoms with Crippen molar-refractivity contribution in [2.24, 2.45) is 0 Å². The molecule has 0 spiro atoms. The number of carbonyl (C=O) groups excluding carboxylic acids is 2. The molecule has 1 aliphatic heterocycles. The fourth-order valence-corrected chi connectivity index (χ4v) is 1.51. The van der Waals surface area contributed by atoms with E-state index in [0.717, 1.165) is 25.9 Å². The zero-order chi connectivity index (χ0) is 9.68. The van der Waals surface area contributed by atoms with Crippen LogP contribution in [0.2, 0.25) is 0 Å². The average molecular weight is 185 g/mol. The summed E-state index contributed by atoms with van der Waals surface area (Å²) in [5, 5.41) is 0. The summed E-state index contributed by atoms with van der Waals surface area (Å²) in [6.45, 7) is 3.60. The van der Waals surface area contributed by atoms with E-state index in [1.165, 1.54) is 0 Å². The fourth-order valence-electron chi connectivity index (χ4n) is 1.51. The Bertz CT molecular complexity index is 187. The van der Waals surface area contributed by atoms with Gasteiger partial charge in [0.05, 0.1) is 0 Å². The lowest BCUT2D eigenvalue weighted by Gasteiger charge is -2.21. The molecule has 1 atom stereocenters. The predicted octanol–water partition coefficient (Wildman–Crippen LogP) is 0.213. The highest BCUT2D eigenvalue weighted by Gasteiger charge is 2.24. The van der Waals surface area contributed by atoms with E-state index in [0.29, 0.717) is 6.29 Å². The molecule has 1 saturated heterocycles. The molecule has 4 heteroatoms. The van der Waals surface area contributed by atoms with E-state index in [1.807, 2.05) is 6.92 Å². The molecule has 0 aromatic heterocycles. The Kier molecular flexibility index (Phi) is 3.89. The van der Waals surface area contributed by atoms with Crippen molar-refractivity contribution in [2.45, 2.75) is 25.8 Å². The molecule has 0 bridgehead atoms. The monoisotopic (exact) mass is 185 g/mol. The van der Waals surface area contributed by atoms with Crippen molar-refractivity contribution in [1.82, 2.24) is 4.90 Å². The molecule has 0 aliphatic carbocycles. The van der Waals surface area contributed by atoms with Gasteiger partial charge >= 0.3 is 5.97 Å². The summed E-state index contributed by atoms with van der Waals surface area (Å²) < 4.78 is 4.72. The first-order valence-corrected chi connectivity index (χ1v) is 4.60. The number of nitrogens with zero attached hydrogens (tertiary/aromatic N) is 1. The van der Waals surface area contributed by atoms with Crippen LogP contribution in [0.4, 0.5) is 0 Å². The first-order valence-electron chi connectivity index (χ1n) is 4.60. The van der Waals surface area contributed by atoms with Crippen molar-refractivity contribution in [3.05, 3.63) is 0 Å². The largest absolute Gasteiger partial charge is 0.457 e. The molecule has 74 valence electrons. The number of hydrogen-bond acceptors (Lipinski definition) is 4. The van der Waals surface area contributed by atoms with E-state index < -0.39 is 0 Å². The molecule has 0 aromatic carbocycles. The second kappa shape index (κ2) is 4.97. The molecular weight excluding hydrogens is 170 g/mol. The van der Waals surface area contributed by atoms with Gasteiger partial charge in [-0.05, 0) is 32.9 Å². The van der Waals surface area contributed by atoms with E-state index in [1.54, 1.807) is 0 Å². The lowest BCUT2D eigenvalue weighted by Crippen LogP contribution is -2.38. The van der Waals surface area contributed by atoms with E-state index >= 15 is 0 Å². The number of rotatable bonds is 4. The van der Waals surface area contributed by atoms with Crippen molar-refractivity contribution >= 4 is 12.3 Å². The quantitative estimate of drug-likeness (QED) is 0.464. The third kappa shape index (κ3) is 2.81. The Labute approximate surface area is 77.8 Å². The molecule has 0 N–H and O–H groups in total. The number of hydrogen-bond donors (Lipinski definition) is 0. The van der Waals surface area contributed by atoms with Gasteiger partial charge in [0.1, 0.15) is 12.6 Å². The molecule has 1 fully saturated rings. The number of aldehydes is 1. The van der Waals surface area contributed by atoms with Gasteiger partial charge in [-0.1, -0.05) is 0 Å².